The van der Waals surface area contributed by atoms with E-state index in [4.69, 9.17) is 14.6 Å². The maximum atomic E-state index is 10.8. The summed E-state index contributed by atoms with van der Waals surface area (Å²) in [6.07, 6.45) is -3.82. The molecule has 0 saturated heterocycles. The van der Waals surface area contributed by atoms with Gasteiger partial charge in [-0.15, -0.1) is 0 Å². The second-order valence-electron chi connectivity index (χ2n) is 4.56. The second-order valence-corrected chi connectivity index (χ2v) is 4.56. The second kappa shape index (κ2) is 8.58. The summed E-state index contributed by atoms with van der Waals surface area (Å²) in [5.41, 5.74) is 0.647. The third-order valence-corrected chi connectivity index (χ3v) is 2.79. The fourth-order valence-electron chi connectivity index (χ4n) is 1.65. The lowest BCUT2D eigenvalue weighted by atomic mass is 10.1. The molecular weight excluding hydrogens is 280 g/mol. The minimum atomic E-state index is -1.41. The number of esters is 1. The molecule has 7 heteroatoms. The first-order valence-electron chi connectivity index (χ1n) is 6.44. The van der Waals surface area contributed by atoms with E-state index in [1.54, 1.807) is 12.1 Å². The van der Waals surface area contributed by atoms with Crippen LogP contribution in [0.4, 0.5) is 0 Å². The van der Waals surface area contributed by atoms with Gasteiger partial charge in [0, 0.05) is 6.92 Å². The molecule has 0 saturated carbocycles. The van der Waals surface area contributed by atoms with Crippen LogP contribution in [0.5, 0.6) is 5.75 Å². The molecule has 0 bridgehead atoms. The fraction of sp³-hybridized carbons (Fsp3) is 0.500. The molecule has 1 aromatic rings. The Hall–Kier alpha value is -1.67. The van der Waals surface area contributed by atoms with Crippen molar-refractivity contribution in [1.29, 1.82) is 0 Å². The number of hydrogen-bond donors (Lipinski definition) is 4. The van der Waals surface area contributed by atoms with Gasteiger partial charge in [-0.3, -0.25) is 4.79 Å². The quantitative estimate of drug-likeness (QED) is 0.481. The number of carbonyl (C=O) groups is 1. The normalized spacial score (nSPS) is 15.2. The smallest absolute Gasteiger partial charge is 0.302 e. The molecule has 21 heavy (non-hydrogen) atoms. The van der Waals surface area contributed by atoms with Gasteiger partial charge in [0.25, 0.3) is 0 Å². The van der Waals surface area contributed by atoms with E-state index in [-0.39, 0.29) is 19.0 Å². The summed E-state index contributed by atoms with van der Waals surface area (Å²) >= 11 is 0. The van der Waals surface area contributed by atoms with Gasteiger partial charge in [0.05, 0.1) is 13.2 Å². The third-order valence-electron chi connectivity index (χ3n) is 2.79. The number of aliphatic hydroxyl groups is 3. The first-order chi connectivity index (χ1) is 9.93. The summed E-state index contributed by atoms with van der Waals surface area (Å²) in [5, 5.41) is 37.5. The standard InChI is InChI=1S/C14H20O7/c1-9(16)20-8-13(14(19)12(18)6-15)21-7-10-3-2-4-11(17)5-10/h2-5,12-15,17-19H,6-8H2,1H3. The highest BCUT2D eigenvalue weighted by Gasteiger charge is 2.27. The lowest BCUT2D eigenvalue weighted by Crippen LogP contribution is -2.43. The van der Waals surface area contributed by atoms with E-state index in [1.165, 1.54) is 19.1 Å². The number of benzene rings is 1. The third kappa shape index (κ3) is 6.09. The van der Waals surface area contributed by atoms with Crippen LogP contribution in [0, 0.1) is 0 Å². The highest BCUT2D eigenvalue weighted by atomic mass is 16.6. The van der Waals surface area contributed by atoms with E-state index < -0.39 is 30.9 Å². The summed E-state index contributed by atoms with van der Waals surface area (Å²) in [5.74, 6) is -0.477. The minimum absolute atomic E-state index is 0.0372. The molecule has 7 nitrogen and oxygen atoms in total. The predicted octanol–water partition coefficient (Wildman–Crippen LogP) is -0.445. The van der Waals surface area contributed by atoms with Crippen molar-refractivity contribution < 1.29 is 34.7 Å². The molecule has 0 aliphatic rings. The van der Waals surface area contributed by atoms with Gasteiger partial charge in [-0.1, -0.05) is 12.1 Å². The Bertz CT molecular complexity index is 449. The van der Waals surface area contributed by atoms with Crippen LogP contribution in [-0.4, -0.2) is 57.9 Å². The zero-order chi connectivity index (χ0) is 15.8. The van der Waals surface area contributed by atoms with Crippen molar-refractivity contribution in [2.45, 2.75) is 31.8 Å². The van der Waals surface area contributed by atoms with Crippen molar-refractivity contribution in [3.05, 3.63) is 29.8 Å². The molecule has 0 spiro atoms. The van der Waals surface area contributed by atoms with Gasteiger partial charge in [0.2, 0.25) is 0 Å². The van der Waals surface area contributed by atoms with Crippen molar-refractivity contribution in [3.8, 4) is 5.75 Å². The van der Waals surface area contributed by atoms with Gasteiger partial charge < -0.3 is 29.9 Å². The van der Waals surface area contributed by atoms with Crippen LogP contribution >= 0.6 is 0 Å². The minimum Gasteiger partial charge on any atom is -0.508 e. The topological polar surface area (TPSA) is 116 Å². The van der Waals surface area contributed by atoms with E-state index >= 15 is 0 Å². The van der Waals surface area contributed by atoms with Crippen LogP contribution in [-0.2, 0) is 20.9 Å². The Morgan fingerprint density at radius 2 is 2.05 bits per heavy atom. The first kappa shape index (κ1) is 17.4. The van der Waals surface area contributed by atoms with E-state index in [0.717, 1.165) is 0 Å². The maximum Gasteiger partial charge on any atom is 0.302 e. The molecular formula is C14H20O7. The maximum absolute atomic E-state index is 10.8. The number of aliphatic hydroxyl groups excluding tert-OH is 3. The number of phenolic OH excluding ortho intramolecular Hbond substituents is 1. The summed E-state index contributed by atoms with van der Waals surface area (Å²) in [6, 6.07) is 6.33. The van der Waals surface area contributed by atoms with Crippen LogP contribution < -0.4 is 0 Å². The first-order valence-corrected chi connectivity index (χ1v) is 6.44. The molecule has 0 heterocycles. The van der Waals surface area contributed by atoms with E-state index in [0.29, 0.717) is 5.56 Å². The molecule has 4 N–H and O–H groups in total. The van der Waals surface area contributed by atoms with Crippen molar-refractivity contribution in [1.82, 2.24) is 0 Å². The van der Waals surface area contributed by atoms with Gasteiger partial charge in [-0.25, -0.2) is 0 Å². The average Bonchev–Trinajstić information content (AvgIpc) is 2.45. The summed E-state index contributed by atoms with van der Waals surface area (Å²) in [7, 11) is 0. The van der Waals surface area contributed by atoms with Gasteiger partial charge in [-0.2, -0.15) is 0 Å². The summed E-state index contributed by atoms with van der Waals surface area (Å²) in [6.45, 7) is 0.344. The van der Waals surface area contributed by atoms with Crippen molar-refractivity contribution in [3.63, 3.8) is 0 Å². The SMILES string of the molecule is CC(=O)OCC(OCc1cccc(O)c1)C(O)C(O)CO. The monoisotopic (exact) mass is 300 g/mol. The molecule has 0 aliphatic carbocycles. The molecule has 0 radical (unpaired) electrons. The number of ether oxygens (including phenoxy) is 2. The van der Waals surface area contributed by atoms with Crippen molar-refractivity contribution >= 4 is 5.97 Å². The molecule has 0 amide bonds. The number of rotatable bonds is 8. The number of phenols is 1. The van der Waals surface area contributed by atoms with Crippen LogP contribution in [0.1, 0.15) is 12.5 Å². The highest BCUT2D eigenvalue weighted by molar-refractivity contribution is 5.65. The van der Waals surface area contributed by atoms with Crippen LogP contribution in [0.15, 0.2) is 24.3 Å². The van der Waals surface area contributed by atoms with Crippen LogP contribution in [0.3, 0.4) is 0 Å². The van der Waals surface area contributed by atoms with E-state index in [9.17, 15) is 20.1 Å². The summed E-state index contributed by atoms with van der Waals surface area (Å²) < 4.78 is 10.2. The van der Waals surface area contributed by atoms with Crippen LogP contribution in [0.2, 0.25) is 0 Å². The van der Waals surface area contributed by atoms with Gasteiger partial charge in [0.15, 0.2) is 0 Å². The molecule has 1 aromatic carbocycles. The zero-order valence-electron chi connectivity index (χ0n) is 11.7. The van der Waals surface area contributed by atoms with Crippen LogP contribution in [0.25, 0.3) is 0 Å². The summed E-state index contributed by atoms with van der Waals surface area (Å²) in [4.78, 5) is 10.8. The van der Waals surface area contributed by atoms with Gasteiger partial charge in [0.1, 0.15) is 30.7 Å². The lowest BCUT2D eigenvalue weighted by Gasteiger charge is -2.25. The highest BCUT2D eigenvalue weighted by Crippen LogP contribution is 2.14. The van der Waals surface area contributed by atoms with E-state index in [1.807, 2.05) is 0 Å². The van der Waals surface area contributed by atoms with Gasteiger partial charge >= 0.3 is 5.97 Å². The van der Waals surface area contributed by atoms with Crippen molar-refractivity contribution in [2.75, 3.05) is 13.2 Å². The lowest BCUT2D eigenvalue weighted by molar-refractivity contribution is -0.157. The Morgan fingerprint density at radius 3 is 2.62 bits per heavy atom. The molecule has 1 rings (SSSR count). The molecule has 0 aliphatic heterocycles. The Balaban J connectivity index is 2.65. The number of hydrogen-bond acceptors (Lipinski definition) is 7. The molecule has 3 atom stereocenters. The largest absolute Gasteiger partial charge is 0.508 e. The Kier molecular flexibility index (Phi) is 7.10. The fourth-order valence-corrected chi connectivity index (χ4v) is 1.65. The number of aromatic hydroxyl groups is 1. The molecule has 3 unspecified atom stereocenters. The Labute approximate surface area is 122 Å². The Morgan fingerprint density at radius 1 is 1.33 bits per heavy atom. The van der Waals surface area contributed by atoms with E-state index in [2.05, 4.69) is 0 Å². The van der Waals surface area contributed by atoms with Gasteiger partial charge in [-0.05, 0) is 17.7 Å². The predicted molar refractivity (Wildman–Crippen MR) is 72.4 cm³/mol. The molecule has 0 fully saturated rings. The molecule has 118 valence electrons. The number of carbonyl (C=O) groups excluding carboxylic acids is 1. The van der Waals surface area contributed by atoms with Crippen molar-refractivity contribution in [2.24, 2.45) is 0 Å². The zero-order valence-corrected chi connectivity index (χ0v) is 11.7. The molecule has 0 aromatic heterocycles. The average molecular weight is 300 g/mol.